The topological polar surface area (TPSA) is 62.2 Å². The minimum absolute atomic E-state index is 0.0398. The Balaban J connectivity index is 1.67. The molecule has 2 atom stereocenters. The average molecular weight is 381 g/mol. The van der Waals surface area contributed by atoms with E-state index in [0.717, 1.165) is 32.6 Å². The first-order valence-electron chi connectivity index (χ1n) is 9.28. The molecular formula is C19H28N2O4S. The fourth-order valence-electron chi connectivity index (χ4n) is 3.22. The van der Waals surface area contributed by atoms with Crippen LogP contribution in [0.15, 0.2) is 28.7 Å². The maximum Gasteiger partial charge on any atom is 0.288 e. The number of likely N-dealkylation sites (N-methyl/N-ethyl adjacent to an activating group) is 1. The monoisotopic (exact) mass is 380 g/mol. The van der Waals surface area contributed by atoms with Gasteiger partial charge in [0.1, 0.15) is 0 Å². The van der Waals surface area contributed by atoms with Crippen LogP contribution in [0.3, 0.4) is 0 Å². The van der Waals surface area contributed by atoms with Crippen LogP contribution in [0.25, 0.3) is 0 Å². The van der Waals surface area contributed by atoms with Crippen molar-refractivity contribution in [1.29, 1.82) is 0 Å². The van der Waals surface area contributed by atoms with Gasteiger partial charge in [-0.2, -0.15) is 11.3 Å². The Morgan fingerprint density at radius 2 is 2.15 bits per heavy atom. The largest absolute Gasteiger partial charge is 0.459 e. The number of carbonyl (C=O) groups is 1. The van der Waals surface area contributed by atoms with Gasteiger partial charge in [-0.25, -0.2) is 0 Å². The van der Waals surface area contributed by atoms with Crippen molar-refractivity contribution in [3.63, 3.8) is 0 Å². The lowest BCUT2D eigenvalue weighted by Gasteiger charge is -2.35. The van der Waals surface area contributed by atoms with Crippen LogP contribution in [0, 0.1) is 0 Å². The Labute approximate surface area is 159 Å². The molecule has 0 unspecified atom stereocenters. The molecule has 2 aliphatic rings. The fourth-order valence-corrected chi connectivity index (χ4v) is 3.95. The Kier molecular flexibility index (Phi) is 7.07. The number of hydrogen-bond donors (Lipinski definition) is 1. The number of aliphatic hydroxyl groups excluding tert-OH is 1. The van der Waals surface area contributed by atoms with Crippen molar-refractivity contribution in [2.45, 2.75) is 31.5 Å². The molecule has 0 spiro atoms. The second-order valence-electron chi connectivity index (χ2n) is 6.87. The van der Waals surface area contributed by atoms with E-state index in [0.29, 0.717) is 25.2 Å². The van der Waals surface area contributed by atoms with E-state index < -0.39 is 6.29 Å². The lowest BCUT2D eigenvalue weighted by Crippen LogP contribution is -2.48. The van der Waals surface area contributed by atoms with Crippen LogP contribution in [-0.4, -0.2) is 73.5 Å². The van der Waals surface area contributed by atoms with E-state index in [1.165, 1.54) is 5.56 Å². The van der Waals surface area contributed by atoms with E-state index in [9.17, 15) is 4.79 Å². The summed E-state index contributed by atoms with van der Waals surface area (Å²) in [4.78, 5) is 17.0. The molecule has 0 saturated carbocycles. The zero-order chi connectivity index (χ0) is 18.4. The van der Waals surface area contributed by atoms with E-state index in [2.05, 4.69) is 28.8 Å². The summed E-state index contributed by atoms with van der Waals surface area (Å²) >= 11 is 1.66. The second-order valence-corrected chi connectivity index (χ2v) is 7.65. The highest BCUT2D eigenvalue weighted by Crippen LogP contribution is 2.33. The first kappa shape index (κ1) is 19.4. The molecule has 1 N–H and O–H groups in total. The normalized spacial score (nSPS) is 24.2. The molecule has 7 heteroatoms. The van der Waals surface area contributed by atoms with E-state index >= 15 is 0 Å². The van der Waals surface area contributed by atoms with Crippen molar-refractivity contribution in [3.05, 3.63) is 34.2 Å². The zero-order valence-electron chi connectivity index (χ0n) is 15.3. The van der Waals surface area contributed by atoms with Gasteiger partial charge >= 0.3 is 0 Å². The molecule has 0 aromatic carbocycles. The number of ether oxygens (including phenoxy) is 2. The van der Waals surface area contributed by atoms with Gasteiger partial charge in [0.05, 0.1) is 6.61 Å². The number of allylic oxidation sites excluding steroid dienone is 1. The number of carbonyl (C=O) groups excluding carboxylic acids is 1. The summed E-state index contributed by atoms with van der Waals surface area (Å²) in [7, 11) is 2.07. The van der Waals surface area contributed by atoms with Gasteiger partial charge in [0.2, 0.25) is 6.29 Å². The van der Waals surface area contributed by atoms with Gasteiger partial charge in [-0.3, -0.25) is 4.79 Å². The highest BCUT2D eigenvalue weighted by molar-refractivity contribution is 7.08. The first-order valence-corrected chi connectivity index (χ1v) is 10.2. The van der Waals surface area contributed by atoms with Crippen LogP contribution >= 0.6 is 11.3 Å². The van der Waals surface area contributed by atoms with Crippen molar-refractivity contribution in [2.24, 2.45) is 0 Å². The molecule has 1 amide bonds. The molecule has 26 heavy (non-hydrogen) atoms. The van der Waals surface area contributed by atoms with Crippen molar-refractivity contribution >= 4 is 17.2 Å². The summed E-state index contributed by atoms with van der Waals surface area (Å²) < 4.78 is 11.8. The summed E-state index contributed by atoms with van der Waals surface area (Å²) in [6.07, 6.45) is 3.73. The zero-order valence-corrected chi connectivity index (χ0v) is 16.1. The van der Waals surface area contributed by atoms with E-state index in [1.54, 1.807) is 11.3 Å². The van der Waals surface area contributed by atoms with Gasteiger partial charge < -0.3 is 24.4 Å². The number of piperazine rings is 1. The third-order valence-corrected chi connectivity index (χ3v) is 5.59. The summed E-state index contributed by atoms with van der Waals surface area (Å²) in [5.41, 5.74) is 1.20. The van der Waals surface area contributed by atoms with Gasteiger partial charge in [-0.05, 0) is 48.4 Å². The Morgan fingerprint density at radius 1 is 1.35 bits per heavy atom. The minimum Gasteiger partial charge on any atom is -0.459 e. The molecule has 2 aliphatic heterocycles. The molecule has 0 bridgehead atoms. The predicted molar refractivity (Wildman–Crippen MR) is 101 cm³/mol. The van der Waals surface area contributed by atoms with Crippen molar-refractivity contribution in [1.82, 2.24) is 9.80 Å². The Morgan fingerprint density at radius 3 is 2.85 bits per heavy atom. The standard InChI is InChI=1S/C19H28N2O4S/c1-20-5-7-21(8-6-20)19(23)17-12-16(15-4-11-26-14-15)13-18(25-17)24-10-3-2-9-22/h4,11-12,14,16,18,22H,2-3,5-10,13H2,1H3/t16-,18+/m0/s1. The van der Waals surface area contributed by atoms with Gasteiger partial charge in [-0.1, -0.05) is 0 Å². The van der Waals surface area contributed by atoms with Crippen molar-refractivity contribution in [3.8, 4) is 0 Å². The number of amides is 1. The SMILES string of the molecule is CN1CCN(C(=O)C2=C[C@H](c3ccsc3)C[C@H](OCCCCO)O2)CC1. The summed E-state index contributed by atoms with van der Waals surface area (Å²) in [6.45, 7) is 3.90. The van der Waals surface area contributed by atoms with Crippen LogP contribution in [0.2, 0.25) is 0 Å². The fraction of sp³-hybridized carbons (Fsp3) is 0.632. The number of thiophene rings is 1. The smallest absolute Gasteiger partial charge is 0.288 e. The van der Waals surface area contributed by atoms with Gasteiger partial charge in [0.25, 0.3) is 5.91 Å². The highest BCUT2D eigenvalue weighted by Gasteiger charge is 2.31. The number of aliphatic hydroxyl groups is 1. The Bertz CT molecular complexity index is 597. The molecule has 1 aromatic rings. The van der Waals surface area contributed by atoms with E-state index in [-0.39, 0.29) is 18.4 Å². The number of unbranched alkanes of at least 4 members (excludes halogenated alkanes) is 1. The third kappa shape index (κ3) is 5.07. The summed E-state index contributed by atoms with van der Waals surface area (Å²) in [5.74, 6) is 0.496. The number of rotatable bonds is 7. The number of hydrogen-bond acceptors (Lipinski definition) is 6. The van der Waals surface area contributed by atoms with Gasteiger partial charge in [-0.15, -0.1) is 0 Å². The molecule has 6 nitrogen and oxygen atoms in total. The van der Waals surface area contributed by atoms with Crippen LogP contribution in [0.5, 0.6) is 0 Å². The molecule has 0 radical (unpaired) electrons. The molecular weight excluding hydrogens is 352 g/mol. The van der Waals surface area contributed by atoms with Crippen LogP contribution in [0.4, 0.5) is 0 Å². The number of nitrogens with zero attached hydrogens (tertiary/aromatic N) is 2. The summed E-state index contributed by atoms with van der Waals surface area (Å²) in [6, 6.07) is 2.10. The minimum atomic E-state index is -0.421. The van der Waals surface area contributed by atoms with Crippen molar-refractivity contribution in [2.75, 3.05) is 46.4 Å². The average Bonchev–Trinajstić information content (AvgIpc) is 3.20. The summed E-state index contributed by atoms with van der Waals surface area (Å²) in [5, 5.41) is 13.1. The second kappa shape index (κ2) is 9.50. The van der Waals surface area contributed by atoms with Crippen molar-refractivity contribution < 1.29 is 19.4 Å². The van der Waals surface area contributed by atoms with Crippen LogP contribution in [0.1, 0.15) is 30.7 Å². The maximum absolute atomic E-state index is 12.9. The lowest BCUT2D eigenvalue weighted by atomic mass is 9.95. The van der Waals surface area contributed by atoms with Gasteiger partial charge in [0.15, 0.2) is 5.76 Å². The molecule has 1 saturated heterocycles. The lowest BCUT2D eigenvalue weighted by molar-refractivity contribution is -0.153. The predicted octanol–water partition coefficient (Wildman–Crippen LogP) is 2.03. The van der Waals surface area contributed by atoms with E-state index in [4.69, 9.17) is 14.6 Å². The van der Waals surface area contributed by atoms with E-state index in [1.807, 2.05) is 11.0 Å². The Hall–Kier alpha value is -1.41. The molecule has 3 heterocycles. The highest BCUT2D eigenvalue weighted by atomic mass is 32.1. The quantitative estimate of drug-likeness (QED) is 0.734. The molecule has 144 valence electrons. The van der Waals surface area contributed by atoms with Crippen LogP contribution in [-0.2, 0) is 14.3 Å². The first-order chi connectivity index (χ1) is 12.7. The third-order valence-electron chi connectivity index (χ3n) is 4.89. The van der Waals surface area contributed by atoms with Gasteiger partial charge in [0, 0.05) is 45.1 Å². The molecule has 1 aromatic heterocycles. The van der Waals surface area contributed by atoms with Crippen LogP contribution < -0.4 is 0 Å². The molecule has 3 rings (SSSR count). The molecule has 1 fully saturated rings. The molecule has 0 aliphatic carbocycles. The maximum atomic E-state index is 12.9.